The van der Waals surface area contributed by atoms with E-state index in [-0.39, 0.29) is 24.8 Å². The van der Waals surface area contributed by atoms with Crippen LogP contribution in [0.3, 0.4) is 0 Å². The number of benzene rings is 2. The lowest BCUT2D eigenvalue weighted by Crippen LogP contribution is -1.91. The lowest BCUT2D eigenvalue weighted by atomic mass is 10.1. The molecule has 0 atom stereocenters. The van der Waals surface area contributed by atoms with Gasteiger partial charge in [-0.1, -0.05) is 12.1 Å². The van der Waals surface area contributed by atoms with Gasteiger partial charge in [-0.05, 0) is 36.8 Å². The standard InChI is InChI=1S/C16H12F2N2S.2ClH/c1-10-3-2-4-12(7-10)19-16-20-15(9-21-16)13-6-5-11(17)8-14(13)18;;/h2-9H,1H3,(H,19,20);2*1H. The number of hydrogen-bond donors (Lipinski definition) is 1. The van der Waals surface area contributed by atoms with Gasteiger partial charge in [0, 0.05) is 22.7 Å². The maximum absolute atomic E-state index is 13.7. The molecule has 0 fully saturated rings. The lowest BCUT2D eigenvalue weighted by Gasteiger charge is -2.03. The van der Waals surface area contributed by atoms with Gasteiger partial charge in [0.2, 0.25) is 0 Å². The van der Waals surface area contributed by atoms with E-state index in [4.69, 9.17) is 0 Å². The van der Waals surface area contributed by atoms with Crippen LogP contribution in [0.2, 0.25) is 0 Å². The Balaban J connectivity index is 0.00000132. The Kier molecular flexibility index (Phi) is 6.94. The van der Waals surface area contributed by atoms with Crippen LogP contribution in [0, 0.1) is 18.6 Å². The van der Waals surface area contributed by atoms with Gasteiger partial charge in [0.25, 0.3) is 0 Å². The van der Waals surface area contributed by atoms with Crippen molar-refractivity contribution in [2.24, 2.45) is 0 Å². The first-order chi connectivity index (χ1) is 10.1. The molecule has 7 heteroatoms. The zero-order valence-electron chi connectivity index (χ0n) is 12.0. The second-order valence-electron chi connectivity index (χ2n) is 4.66. The van der Waals surface area contributed by atoms with E-state index in [2.05, 4.69) is 10.3 Å². The van der Waals surface area contributed by atoms with Gasteiger partial charge in [0.1, 0.15) is 11.6 Å². The van der Waals surface area contributed by atoms with Crippen LogP contribution in [-0.2, 0) is 0 Å². The number of aryl methyl sites for hydroxylation is 1. The summed E-state index contributed by atoms with van der Waals surface area (Å²) >= 11 is 1.38. The summed E-state index contributed by atoms with van der Waals surface area (Å²) in [6.07, 6.45) is 0. The molecule has 0 aliphatic heterocycles. The lowest BCUT2D eigenvalue weighted by molar-refractivity contribution is 0.585. The minimum absolute atomic E-state index is 0. The van der Waals surface area contributed by atoms with Crippen molar-refractivity contribution in [3.05, 3.63) is 65.0 Å². The highest BCUT2D eigenvalue weighted by Gasteiger charge is 2.10. The van der Waals surface area contributed by atoms with E-state index in [0.717, 1.165) is 17.3 Å². The minimum atomic E-state index is -0.609. The van der Waals surface area contributed by atoms with Crippen LogP contribution in [0.15, 0.2) is 47.8 Å². The Morgan fingerprint density at radius 3 is 2.52 bits per heavy atom. The van der Waals surface area contributed by atoms with Crippen molar-refractivity contribution in [3.63, 3.8) is 0 Å². The molecule has 0 aliphatic carbocycles. The Hall–Kier alpha value is -1.69. The minimum Gasteiger partial charge on any atom is -0.332 e. The fourth-order valence-electron chi connectivity index (χ4n) is 2.00. The average Bonchev–Trinajstić information content (AvgIpc) is 2.87. The highest BCUT2D eigenvalue weighted by Crippen LogP contribution is 2.29. The van der Waals surface area contributed by atoms with E-state index >= 15 is 0 Å². The number of anilines is 2. The molecule has 0 bridgehead atoms. The fourth-order valence-corrected chi connectivity index (χ4v) is 2.73. The average molecular weight is 375 g/mol. The summed E-state index contributed by atoms with van der Waals surface area (Å²) in [5.41, 5.74) is 2.86. The largest absolute Gasteiger partial charge is 0.332 e. The molecule has 0 saturated carbocycles. The number of rotatable bonds is 3. The molecule has 1 N–H and O–H groups in total. The van der Waals surface area contributed by atoms with Gasteiger partial charge < -0.3 is 5.32 Å². The molecule has 2 aromatic carbocycles. The summed E-state index contributed by atoms with van der Waals surface area (Å²) in [6.45, 7) is 2.01. The van der Waals surface area contributed by atoms with Gasteiger partial charge in [-0.2, -0.15) is 0 Å². The number of nitrogens with one attached hydrogen (secondary N) is 1. The molecule has 0 unspecified atom stereocenters. The van der Waals surface area contributed by atoms with Crippen molar-refractivity contribution in [1.82, 2.24) is 4.98 Å². The highest BCUT2D eigenvalue weighted by molar-refractivity contribution is 7.14. The topological polar surface area (TPSA) is 24.9 Å². The Bertz CT molecular complexity index is 793. The van der Waals surface area contributed by atoms with Crippen LogP contribution < -0.4 is 5.32 Å². The predicted octanol–water partition coefficient (Wildman–Crippen LogP) is 5.98. The second kappa shape index (κ2) is 8.24. The Morgan fingerprint density at radius 1 is 1.04 bits per heavy atom. The number of hydrogen-bond acceptors (Lipinski definition) is 3. The predicted molar refractivity (Wildman–Crippen MR) is 96.4 cm³/mol. The Morgan fingerprint density at radius 2 is 1.83 bits per heavy atom. The summed E-state index contributed by atoms with van der Waals surface area (Å²) in [7, 11) is 0. The molecule has 0 spiro atoms. The summed E-state index contributed by atoms with van der Waals surface area (Å²) in [4.78, 5) is 4.34. The molecule has 0 aliphatic rings. The quantitative estimate of drug-likeness (QED) is 0.609. The zero-order chi connectivity index (χ0) is 14.8. The zero-order valence-corrected chi connectivity index (χ0v) is 14.5. The summed E-state index contributed by atoms with van der Waals surface area (Å²) in [6, 6.07) is 11.4. The molecule has 0 amide bonds. The van der Waals surface area contributed by atoms with Crippen molar-refractivity contribution in [3.8, 4) is 11.3 Å². The number of aromatic nitrogens is 1. The third-order valence-corrected chi connectivity index (χ3v) is 3.74. The van der Waals surface area contributed by atoms with Crippen molar-refractivity contribution in [1.29, 1.82) is 0 Å². The van der Waals surface area contributed by atoms with Crippen LogP contribution in [0.5, 0.6) is 0 Å². The van der Waals surface area contributed by atoms with E-state index in [1.807, 2.05) is 31.2 Å². The summed E-state index contributed by atoms with van der Waals surface area (Å²) < 4.78 is 26.7. The smallest absolute Gasteiger partial charge is 0.187 e. The van der Waals surface area contributed by atoms with Crippen molar-refractivity contribution < 1.29 is 8.78 Å². The monoisotopic (exact) mass is 374 g/mol. The Labute approximate surface area is 149 Å². The molecule has 3 aromatic rings. The third kappa shape index (κ3) is 4.64. The first kappa shape index (κ1) is 19.4. The first-order valence-corrected chi connectivity index (χ1v) is 7.24. The van der Waals surface area contributed by atoms with Crippen LogP contribution in [-0.4, -0.2) is 4.98 Å². The molecular weight excluding hydrogens is 361 g/mol. The van der Waals surface area contributed by atoms with E-state index in [1.54, 1.807) is 5.38 Å². The van der Waals surface area contributed by atoms with Crippen molar-refractivity contribution in [2.75, 3.05) is 5.32 Å². The summed E-state index contributed by atoms with van der Waals surface area (Å²) in [5, 5.41) is 5.59. The first-order valence-electron chi connectivity index (χ1n) is 6.36. The van der Waals surface area contributed by atoms with Gasteiger partial charge in [0.15, 0.2) is 5.13 Å². The van der Waals surface area contributed by atoms with Crippen LogP contribution in [0.4, 0.5) is 19.6 Å². The SMILES string of the molecule is Cc1cccc(Nc2nc(-c3ccc(F)cc3F)cs2)c1.Cl.Cl. The van der Waals surface area contributed by atoms with Crippen LogP contribution >= 0.6 is 36.2 Å². The van der Waals surface area contributed by atoms with Crippen LogP contribution in [0.25, 0.3) is 11.3 Å². The number of nitrogens with zero attached hydrogens (tertiary/aromatic N) is 1. The maximum Gasteiger partial charge on any atom is 0.187 e. The van der Waals surface area contributed by atoms with E-state index in [9.17, 15) is 8.78 Å². The van der Waals surface area contributed by atoms with Gasteiger partial charge in [-0.25, -0.2) is 13.8 Å². The fraction of sp³-hybridized carbons (Fsp3) is 0.0625. The second-order valence-corrected chi connectivity index (χ2v) is 5.51. The van der Waals surface area contributed by atoms with Crippen molar-refractivity contribution in [2.45, 2.75) is 6.92 Å². The van der Waals surface area contributed by atoms with Crippen LogP contribution in [0.1, 0.15) is 5.56 Å². The third-order valence-electron chi connectivity index (χ3n) is 2.98. The van der Waals surface area contributed by atoms with Gasteiger partial charge in [-0.15, -0.1) is 36.2 Å². The molecule has 0 saturated heterocycles. The molecule has 23 heavy (non-hydrogen) atoms. The molecule has 122 valence electrons. The van der Waals surface area contributed by atoms with Crippen molar-refractivity contribution >= 4 is 47.0 Å². The number of halogens is 4. The maximum atomic E-state index is 13.7. The summed E-state index contributed by atoms with van der Waals surface area (Å²) in [5.74, 6) is -1.20. The molecule has 3 rings (SSSR count). The molecule has 1 heterocycles. The van der Waals surface area contributed by atoms with E-state index < -0.39 is 11.6 Å². The molecule has 0 radical (unpaired) electrons. The highest BCUT2D eigenvalue weighted by atomic mass is 35.5. The molecular formula is C16H14Cl2F2N2S. The molecule has 1 aromatic heterocycles. The van der Waals surface area contributed by atoms with E-state index in [1.165, 1.54) is 23.5 Å². The normalized spacial score (nSPS) is 9.70. The molecule has 2 nitrogen and oxygen atoms in total. The number of thiazole rings is 1. The van der Waals surface area contributed by atoms with Gasteiger partial charge in [-0.3, -0.25) is 0 Å². The van der Waals surface area contributed by atoms with E-state index in [0.29, 0.717) is 16.4 Å². The van der Waals surface area contributed by atoms with Gasteiger partial charge in [0.05, 0.1) is 5.69 Å². The van der Waals surface area contributed by atoms with Gasteiger partial charge >= 0.3 is 0 Å².